The maximum Gasteiger partial charge on any atom is 0.214 e. The van der Waals surface area contributed by atoms with Crippen molar-refractivity contribution in [2.45, 2.75) is 26.6 Å². The van der Waals surface area contributed by atoms with Gasteiger partial charge in [-0.25, -0.2) is 13.4 Å². The Balaban J connectivity index is 1.88. The number of nitrogens with zero attached hydrogens (tertiary/aromatic N) is 5. The van der Waals surface area contributed by atoms with E-state index in [4.69, 9.17) is 0 Å². The molecule has 21 heavy (non-hydrogen) atoms. The third-order valence-corrected chi connectivity index (χ3v) is 5.59. The summed E-state index contributed by atoms with van der Waals surface area (Å²) in [7, 11) is -3.23. The van der Waals surface area contributed by atoms with E-state index >= 15 is 0 Å². The van der Waals surface area contributed by atoms with Crippen LogP contribution in [0, 0.1) is 5.92 Å². The molecule has 0 N–H and O–H groups in total. The molecule has 1 atom stereocenters. The molecule has 0 saturated heterocycles. The first kappa shape index (κ1) is 14.3. The van der Waals surface area contributed by atoms with Gasteiger partial charge in [-0.15, -0.1) is 0 Å². The predicted octanol–water partition coefficient (Wildman–Crippen LogP) is 0.561. The zero-order chi connectivity index (χ0) is 14.9. The Morgan fingerprint density at radius 1 is 1.29 bits per heavy atom. The molecule has 2 aromatic heterocycles. The van der Waals surface area contributed by atoms with Crippen molar-refractivity contribution >= 4 is 10.0 Å². The summed E-state index contributed by atoms with van der Waals surface area (Å²) >= 11 is 0. The van der Waals surface area contributed by atoms with Gasteiger partial charge in [0.1, 0.15) is 5.82 Å². The van der Waals surface area contributed by atoms with Gasteiger partial charge < -0.3 is 4.57 Å². The van der Waals surface area contributed by atoms with Crippen molar-refractivity contribution in [3.63, 3.8) is 0 Å². The second-order valence-corrected chi connectivity index (χ2v) is 7.54. The van der Waals surface area contributed by atoms with Gasteiger partial charge in [-0.2, -0.15) is 9.40 Å². The Bertz CT molecular complexity index is 692. The van der Waals surface area contributed by atoms with E-state index in [1.54, 1.807) is 23.6 Å². The fourth-order valence-corrected chi connectivity index (χ4v) is 3.80. The number of imidazole rings is 1. The summed E-state index contributed by atoms with van der Waals surface area (Å²) < 4.78 is 29.9. The van der Waals surface area contributed by atoms with E-state index in [0.29, 0.717) is 19.6 Å². The summed E-state index contributed by atoms with van der Waals surface area (Å²) in [5.41, 5.74) is 0. The minimum atomic E-state index is -3.23. The van der Waals surface area contributed by atoms with Crippen molar-refractivity contribution in [2.24, 2.45) is 5.92 Å². The van der Waals surface area contributed by atoms with E-state index in [9.17, 15) is 8.42 Å². The average Bonchev–Trinajstić information content (AvgIpc) is 3.08. The maximum absolute atomic E-state index is 12.3. The van der Waals surface area contributed by atoms with Crippen LogP contribution in [0.2, 0.25) is 0 Å². The third kappa shape index (κ3) is 3.01. The number of fused-ring (bicyclic) bond motifs is 1. The van der Waals surface area contributed by atoms with Crippen LogP contribution in [-0.2, 0) is 29.7 Å². The minimum Gasteiger partial charge on any atom is -0.333 e. The molecule has 0 fully saturated rings. The quantitative estimate of drug-likeness (QED) is 0.827. The van der Waals surface area contributed by atoms with Crippen molar-refractivity contribution < 1.29 is 8.42 Å². The zero-order valence-electron chi connectivity index (χ0n) is 12.0. The van der Waals surface area contributed by atoms with Crippen LogP contribution in [0.25, 0.3) is 0 Å². The third-order valence-electron chi connectivity index (χ3n) is 3.80. The van der Waals surface area contributed by atoms with Crippen molar-refractivity contribution in [1.82, 2.24) is 23.6 Å². The molecule has 114 valence electrons. The lowest BCUT2D eigenvalue weighted by Gasteiger charge is -2.22. The van der Waals surface area contributed by atoms with E-state index in [2.05, 4.69) is 10.1 Å². The van der Waals surface area contributed by atoms with E-state index in [1.165, 1.54) is 0 Å². The smallest absolute Gasteiger partial charge is 0.214 e. The normalized spacial score (nSPS) is 20.1. The van der Waals surface area contributed by atoms with Crippen LogP contribution in [0.3, 0.4) is 0 Å². The highest BCUT2D eigenvalue weighted by atomic mass is 32.2. The van der Waals surface area contributed by atoms with Crippen LogP contribution in [0.4, 0.5) is 0 Å². The Morgan fingerprint density at radius 3 is 2.86 bits per heavy atom. The van der Waals surface area contributed by atoms with Gasteiger partial charge in [0.05, 0.1) is 12.3 Å². The highest BCUT2D eigenvalue weighted by molar-refractivity contribution is 7.89. The minimum absolute atomic E-state index is 0.113. The number of hydrogen-bond donors (Lipinski definition) is 0. The Hall–Kier alpha value is -1.67. The molecule has 0 aromatic carbocycles. The molecule has 3 rings (SSSR count). The van der Waals surface area contributed by atoms with Crippen molar-refractivity contribution in [3.8, 4) is 0 Å². The summed E-state index contributed by atoms with van der Waals surface area (Å²) in [6, 6.07) is 1.87. The van der Waals surface area contributed by atoms with E-state index in [-0.39, 0.29) is 11.7 Å². The highest BCUT2D eigenvalue weighted by Crippen LogP contribution is 2.19. The molecule has 1 aliphatic rings. The molecule has 0 aliphatic carbocycles. The summed E-state index contributed by atoms with van der Waals surface area (Å²) in [4.78, 5) is 4.28. The van der Waals surface area contributed by atoms with Crippen molar-refractivity contribution in [1.29, 1.82) is 0 Å². The van der Waals surface area contributed by atoms with Crippen molar-refractivity contribution in [3.05, 3.63) is 36.7 Å². The number of hydrogen-bond acceptors (Lipinski definition) is 4. The standard InChI is InChI=1S/C13H19N5O2S/c1-2-21(19,20)18-10-12(9-17-6-3-4-15-17)8-16-7-5-14-13(16)11-18/h3-7,12H,2,8-11H2,1H3/t12-/m0/s1. The first-order chi connectivity index (χ1) is 10.1. The number of rotatable bonds is 4. The summed E-state index contributed by atoms with van der Waals surface area (Å²) in [6.45, 7) is 3.97. The fraction of sp³-hybridized carbons (Fsp3) is 0.538. The lowest BCUT2D eigenvalue weighted by atomic mass is 10.1. The SMILES string of the molecule is CCS(=O)(=O)N1Cc2nccn2C[C@@H](Cn2cccn2)C1. The molecular formula is C13H19N5O2S. The first-order valence-corrected chi connectivity index (χ1v) is 8.64. The molecule has 2 aromatic rings. The summed E-state index contributed by atoms with van der Waals surface area (Å²) in [5, 5.41) is 4.22. The first-order valence-electron chi connectivity index (χ1n) is 7.03. The van der Waals surface area contributed by atoms with Crippen LogP contribution in [0.5, 0.6) is 0 Å². The molecule has 7 nitrogen and oxygen atoms in total. The predicted molar refractivity (Wildman–Crippen MR) is 77.8 cm³/mol. The van der Waals surface area contributed by atoms with Gasteiger partial charge in [-0.05, 0) is 13.0 Å². The van der Waals surface area contributed by atoms with E-state index < -0.39 is 10.0 Å². The van der Waals surface area contributed by atoms with Crippen LogP contribution in [0.15, 0.2) is 30.9 Å². The second-order valence-electron chi connectivity index (χ2n) is 5.28. The maximum atomic E-state index is 12.3. The van der Waals surface area contributed by atoms with E-state index in [0.717, 1.165) is 12.4 Å². The van der Waals surface area contributed by atoms with Crippen LogP contribution in [-0.4, -0.2) is 44.4 Å². The Morgan fingerprint density at radius 2 is 2.14 bits per heavy atom. The van der Waals surface area contributed by atoms with E-state index in [1.807, 2.05) is 27.7 Å². The van der Waals surface area contributed by atoms with Gasteiger partial charge in [0.25, 0.3) is 0 Å². The van der Waals surface area contributed by atoms with Gasteiger partial charge >= 0.3 is 0 Å². The highest BCUT2D eigenvalue weighted by Gasteiger charge is 2.29. The molecule has 0 spiro atoms. The Kier molecular flexibility index (Phi) is 3.81. The van der Waals surface area contributed by atoms with Crippen LogP contribution < -0.4 is 0 Å². The largest absolute Gasteiger partial charge is 0.333 e. The van der Waals surface area contributed by atoms with Crippen LogP contribution >= 0.6 is 0 Å². The molecule has 0 bridgehead atoms. The molecule has 0 amide bonds. The lowest BCUT2D eigenvalue weighted by molar-refractivity contribution is 0.303. The molecule has 8 heteroatoms. The number of aromatic nitrogens is 4. The molecule has 0 radical (unpaired) electrons. The monoisotopic (exact) mass is 309 g/mol. The fourth-order valence-electron chi connectivity index (χ4n) is 2.69. The van der Waals surface area contributed by atoms with Gasteiger partial charge in [0.2, 0.25) is 10.0 Å². The van der Waals surface area contributed by atoms with Gasteiger partial charge in [0.15, 0.2) is 0 Å². The molecule has 0 saturated carbocycles. The molecular weight excluding hydrogens is 290 g/mol. The Labute approximate surface area is 124 Å². The second kappa shape index (κ2) is 5.61. The van der Waals surface area contributed by atoms with Gasteiger partial charge in [-0.1, -0.05) is 0 Å². The number of sulfonamides is 1. The van der Waals surface area contributed by atoms with Crippen LogP contribution in [0.1, 0.15) is 12.7 Å². The topological polar surface area (TPSA) is 73.0 Å². The molecule has 3 heterocycles. The lowest BCUT2D eigenvalue weighted by Crippen LogP contribution is -2.36. The summed E-state index contributed by atoms with van der Waals surface area (Å²) in [5.74, 6) is 1.08. The average molecular weight is 309 g/mol. The molecule has 0 unspecified atom stereocenters. The van der Waals surface area contributed by atoms with Crippen molar-refractivity contribution in [2.75, 3.05) is 12.3 Å². The van der Waals surface area contributed by atoms with Gasteiger partial charge in [-0.3, -0.25) is 4.68 Å². The molecule has 1 aliphatic heterocycles. The van der Waals surface area contributed by atoms with Gasteiger partial charge in [0, 0.05) is 50.3 Å². The zero-order valence-corrected chi connectivity index (χ0v) is 12.8. The summed E-state index contributed by atoms with van der Waals surface area (Å²) in [6.07, 6.45) is 7.27.